The summed E-state index contributed by atoms with van der Waals surface area (Å²) in [6, 6.07) is 0.583. The van der Waals surface area contributed by atoms with E-state index >= 15 is 0 Å². The van der Waals surface area contributed by atoms with Gasteiger partial charge < -0.3 is 9.80 Å². The summed E-state index contributed by atoms with van der Waals surface area (Å²) in [5.74, 6) is 0. The fraction of sp³-hybridized carbons (Fsp3) is 0.857. The van der Waals surface area contributed by atoms with Gasteiger partial charge in [-0.25, -0.2) is 0 Å². The highest BCUT2D eigenvalue weighted by Crippen LogP contribution is 2.10. The van der Waals surface area contributed by atoms with Crippen LogP contribution in [0.5, 0.6) is 0 Å². The van der Waals surface area contributed by atoms with Crippen molar-refractivity contribution in [2.75, 3.05) is 27.2 Å². The summed E-state index contributed by atoms with van der Waals surface area (Å²) in [6.45, 7) is 1.84. The molecule has 0 radical (unpaired) electrons. The maximum atomic E-state index is 8.52. The molecule has 1 aliphatic rings. The molecule has 0 bridgehead atoms. The van der Waals surface area contributed by atoms with E-state index in [1.54, 1.807) is 0 Å². The lowest BCUT2D eigenvalue weighted by atomic mass is 10.2. The fourth-order valence-corrected chi connectivity index (χ4v) is 1.25. The third kappa shape index (κ3) is 1.39. The highest BCUT2D eigenvalue weighted by Gasteiger charge is 2.22. The Balaban J connectivity index is 2.37. The van der Waals surface area contributed by atoms with Gasteiger partial charge in [0.1, 0.15) is 0 Å². The first-order valence-electron chi connectivity index (χ1n) is 3.55. The molecule has 1 fully saturated rings. The summed E-state index contributed by atoms with van der Waals surface area (Å²) in [5, 5.41) is 8.52. The normalized spacial score (nSPS) is 25.4. The van der Waals surface area contributed by atoms with E-state index in [2.05, 4.69) is 25.2 Å². The van der Waals surface area contributed by atoms with E-state index in [-0.39, 0.29) is 0 Å². The van der Waals surface area contributed by atoms with Gasteiger partial charge in [0.05, 0.1) is 0 Å². The molecule has 1 saturated heterocycles. The summed E-state index contributed by atoms with van der Waals surface area (Å²) in [4.78, 5) is 3.99. The van der Waals surface area contributed by atoms with Crippen LogP contribution in [0.3, 0.4) is 0 Å². The minimum Gasteiger partial charge on any atom is -0.309 e. The van der Waals surface area contributed by atoms with Crippen LogP contribution in [-0.4, -0.2) is 43.0 Å². The Hall–Kier alpha value is -0.750. The molecule has 1 aliphatic heterocycles. The molecule has 0 aromatic heterocycles. The van der Waals surface area contributed by atoms with E-state index in [0.29, 0.717) is 6.04 Å². The maximum absolute atomic E-state index is 8.52. The molecule has 1 rings (SSSR count). The number of hydrogen-bond donors (Lipinski definition) is 0. The van der Waals surface area contributed by atoms with Crippen molar-refractivity contribution in [2.45, 2.75) is 12.5 Å². The van der Waals surface area contributed by atoms with Gasteiger partial charge in [-0.3, -0.25) is 0 Å². The van der Waals surface area contributed by atoms with Gasteiger partial charge >= 0.3 is 0 Å². The molecule has 0 saturated carbocycles. The molecular formula is C7H13N3. The smallest absolute Gasteiger partial charge is 0.179 e. The Bertz CT molecular complexity index is 147. The van der Waals surface area contributed by atoms with E-state index in [0.717, 1.165) is 19.5 Å². The average Bonchev–Trinajstić information content (AvgIpc) is 2.34. The van der Waals surface area contributed by atoms with Crippen molar-refractivity contribution in [1.29, 1.82) is 5.26 Å². The summed E-state index contributed by atoms with van der Waals surface area (Å²) in [6.07, 6.45) is 3.28. The van der Waals surface area contributed by atoms with Crippen molar-refractivity contribution in [3.63, 3.8) is 0 Å². The van der Waals surface area contributed by atoms with Gasteiger partial charge in [0.15, 0.2) is 6.19 Å². The first-order valence-corrected chi connectivity index (χ1v) is 3.55. The Morgan fingerprint density at radius 3 is 2.60 bits per heavy atom. The minimum absolute atomic E-state index is 0.583. The largest absolute Gasteiger partial charge is 0.309 e. The Morgan fingerprint density at radius 2 is 2.30 bits per heavy atom. The van der Waals surface area contributed by atoms with Crippen molar-refractivity contribution >= 4 is 0 Å². The monoisotopic (exact) mass is 139 g/mol. The molecule has 1 heterocycles. The molecule has 10 heavy (non-hydrogen) atoms. The van der Waals surface area contributed by atoms with Crippen LogP contribution in [0.25, 0.3) is 0 Å². The number of hydrogen-bond acceptors (Lipinski definition) is 3. The Kier molecular flexibility index (Phi) is 2.13. The van der Waals surface area contributed by atoms with Gasteiger partial charge in [-0.2, -0.15) is 5.26 Å². The first kappa shape index (κ1) is 7.36. The van der Waals surface area contributed by atoms with E-state index in [1.165, 1.54) is 0 Å². The first-order chi connectivity index (χ1) is 4.74. The molecular weight excluding hydrogens is 126 g/mol. The van der Waals surface area contributed by atoms with Crippen molar-refractivity contribution in [2.24, 2.45) is 0 Å². The SMILES string of the molecule is CN(C)C1CCN(C#N)C1. The summed E-state index contributed by atoms with van der Waals surface area (Å²) >= 11 is 0. The van der Waals surface area contributed by atoms with Gasteiger partial charge in [-0.05, 0) is 20.5 Å². The molecule has 0 aromatic carbocycles. The van der Waals surface area contributed by atoms with E-state index in [1.807, 2.05) is 4.90 Å². The molecule has 0 aromatic rings. The second-order valence-electron chi connectivity index (χ2n) is 2.95. The topological polar surface area (TPSA) is 30.3 Å². The summed E-state index contributed by atoms with van der Waals surface area (Å²) < 4.78 is 0. The number of nitriles is 1. The van der Waals surface area contributed by atoms with Gasteiger partial charge in [0.25, 0.3) is 0 Å². The maximum Gasteiger partial charge on any atom is 0.179 e. The van der Waals surface area contributed by atoms with Crippen LogP contribution in [0.4, 0.5) is 0 Å². The molecule has 3 heteroatoms. The van der Waals surface area contributed by atoms with Gasteiger partial charge in [0.2, 0.25) is 0 Å². The second-order valence-corrected chi connectivity index (χ2v) is 2.95. The van der Waals surface area contributed by atoms with E-state index in [9.17, 15) is 0 Å². The van der Waals surface area contributed by atoms with Crippen LogP contribution < -0.4 is 0 Å². The number of rotatable bonds is 1. The molecule has 0 N–H and O–H groups in total. The van der Waals surface area contributed by atoms with Crippen LogP contribution in [0.1, 0.15) is 6.42 Å². The molecule has 56 valence electrons. The molecule has 1 unspecified atom stereocenters. The predicted molar refractivity (Wildman–Crippen MR) is 39.3 cm³/mol. The van der Waals surface area contributed by atoms with Crippen molar-refractivity contribution in [3.8, 4) is 6.19 Å². The van der Waals surface area contributed by atoms with Crippen LogP contribution in [0.2, 0.25) is 0 Å². The summed E-state index contributed by atoms with van der Waals surface area (Å²) in [5.41, 5.74) is 0. The van der Waals surface area contributed by atoms with Crippen molar-refractivity contribution in [3.05, 3.63) is 0 Å². The Labute approximate surface area is 61.8 Å². The summed E-state index contributed by atoms with van der Waals surface area (Å²) in [7, 11) is 4.12. The number of likely N-dealkylation sites (N-methyl/N-ethyl adjacent to an activating group) is 1. The predicted octanol–water partition coefficient (Wildman–Crippen LogP) is 0.103. The van der Waals surface area contributed by atoms with Crippen molar-refractivity contribution in [1.82, 2.24) is 9.80 Å². The quantitative estimate of drug-likeness (QED) is 0.483. The Morgan fingerprint density at radius 1 is 1.60 bits per heavy atom. The lowest BCUT2D eigenvalue weighted by Crippen LogP contribution is -2.29. The molecule has 1 atom stereocenters. The third-order valence-corrected chi connectivity index (χ3v) is 2.04. The van der Waals surface area contributed by atoms with Gasteiger partial charge in [-0.1, -0.05) is 0 Å². The number of likely N-dealkylation sites (tertiary alicyclic amines) is 1. The van der Waals surface area contributed by atoms with Crippen LogP contribution in [-0.2, 0) is 0 Å². The van der Waals surface area contributed by atoms with E-state index < -0.39 is 0 Å². The zero-order chi connectivity index (χ0) is 7.56. The number of nitrogens with zero attached hydrogens (tertiary/aromatic N) is 3. The van der Waals surface area contributed by atoms with Crippen LogP contribution in [0, 0.1) is 11.5 Å². The lowest BCUT2D eigenvalue weighted by molar-refractivity contribution is 0.298. The fourth-order valence-electron chi connectivity index (χ4n) is 1.25. The zero-order valence-electron chi connectivity index (χ0n) is 6.54. The molecule has 0 aliphatic carbocycles. The molecule has 0 spiro atoms. The van der Waals surface area contributed by atoms with Crippen molar-refractivity contribution < 1.29 is 0 Å². The standard InChI is InChI=1S/C7H13N3/c1-9(2)7-3-4-10(5-7)6-8/h7H,3-5H2,1-2H3. The third-order valence-electron chi connectivity index (χ3n) is 2.04. The highest BCUT2D eigenvalue weighted by molar-refractivity contribution is 4.87. The van der Waals surface area contributed by atoms with Gasteiger partial charge in [-0.15, -0.1) is 0 Å². The molecule has 0 amide bonds. The van der Waals surface area contributed by atoms with Gasteiger partial charge in [0, 0.05) is 19.1 Å². The minimum atomic E-state index is 0.583. The lowest BCUT2D eigenvalue weighted by Gasteiger charge is -2.17. The second kappa shape index (κ2) is 2.89. The van der Waals surface area contributed by atoms with Crippen LogP contribution >= 0.6 is 0 Å². The highest BCUT2D eigenvalue weighted by atomic mass is 15.2. The molecule has 3 nitrogen and oxygen atoms in total. The average molecular weight is 139 g/mol. The zero-order valence-corrected chi connectivity index (χ0v) is 6.54. The van der Waals surface area contributed by atoms with Crippen LogP contribution in [0.15, 0.2) is 0 Å². The van der Waals surface area contributed by atoms with E-state index in [4.69, 9.17) is 5.26 Å².